The quantitative estimate of drug-likeness (QED) is 0.0125. The molecular weight excluding hydrogens is 1350 g/mol. The van der Waals surface area contributed by atoms with Crippen molar-refractivity contribution in [3.63, 3.8) is 0 Å². The summed E-state index contributed by atoms with van der Waals surface area (Å²) in [4.78, 5) is 185. The highest BCUT2D eigenvalue weighted by Gasteiger charge is 2.37. The second kappa shape index (κ2) is 48.8. The third-order valence-corrected chi connectivity index (χ3v) is 15.7. The van der Waals surface area contributed by atoms with Gasteiger partial charge in [0.2, 0.25) is 70.9 Å². The molecule has 0 aliphatic heterocycles. The first-order valence-electron chi connectivity index (χ1n) is 32.5. The number of thiol groups is 2. The van der Waals surface area contributed by atoms with Crippen LogP contribution in [0.2, 0.25) is 0 Å². The summed E-state index contributed by atoms with van der Waals surface area (Å²) in [7, 11) is 0. The predicted octanol–water partition coefficient (Wildman–Crippen LogP) is -9.73. The van der Waals surface area contributed by atoms with Crippen LogP contribution in [0.1, 0.15) is 109 Å². The van der Waals surface area contributed by atoms with Crippen molar-refractivity contribution in [2.45, 2.75) is 189 Å². The standard InChI is InChI=1S/C59H105N23O16S2/c1-3-4-9-40(57(97)98)78-48(88)36(12-8-25-71-59(68)69)73-50(90)37(17-21-61)76-54(94)43(29-100)81-49(89)34(10-5-6-20-60)72-51(91)38(18-22-62)77-56(96)45(30(2)83)82-52(92)39(19-23-63)75-47(87)35(11-7-24-70-58(66)67)74-53(93)41(27-44(65)85)79-55(95)42(28-99)80-46(86)33(64)26-31-13-15-32(84)16-14-31/h13-16,30,33-43,45,83-84,99-100H,3-12,17-29,60-64H2,1-2H3,(H2,65,85)(H,72,91)(H,73,90)(H,74,93)(H,75,87)(H,76,94)(H,77,96)(H,78,88)(H,79,95)(H,80,86)(H,81,89)(H,82,92)(H,97,98)(H4,66,67,70)(H4,68,69,71)/t30-,33+,34+,35+,36+,37+,38-,39+,40+,41+,42+,43+,45+/m1/s1. The number of aromatic hydroxyl groups is 1. The normalized spacial score (nSPS) is 14.9. The van der Waals surface area contributed by atoms with Crippen molar-refractivity contribution < 1.29 is 77.6 Å². The third-order valence-electron chi connectivity index (χ3n) is 14.9. The Morgan fingerprint density at radius 2 is 0.760 bits per heavy atom. The molecule has 1 aromatic carbocycles. The van der Waals surface area contributed by atoms with Gasteiger partial charge in [0.15, 0.2) is 11.9 Å². The zero-order valence-corrected chi connectivity index (χ0v) is 58.1. The zero-order chi connectivity index (χ0) is 75.6. The van der Waals surface area contributed by atoms with Crippen LogP contribution >= 0.6 is 25.3 Å². The highest BCUT2D eigenvalue weighted by atomic mass is 32.1. The van der Waals surface area contributed by atoms with Gasteiger partial charge in [-0.05, 0) is 128 Å². The van der Waals surface area contributed by atoms with E-state index < -0.39 is 162 Å². The van der Waals surface area contributed by atoms with Gasteiger partial charge in [-0.1, -0.05) is 31.9 Å². The molecular formula is C59H105N23O16S2. The molecule has 13 atom stereocenters. The highest BCUT2D eigenvalue weighted by Crippen LogP contribution is 2.13. The summed E-state index contributed by atoms with van der Waals surface area (Å²) in [5, 5.41) is 57.2. The maximum atomic E-state index is 14.2. The number of carbonyl (C=O) groups is 13. The van der Waals surface area contributed by atoms with Gasteiger partial charge >= 0.3 is 5.97 Å². The van der Waals surface area contributed by atoms with Crippen molar-refractivity contribution in [1.82, 2.24) is 58.5 Å². The minimum absolute atomic E-state index is 0.00132. The number of hydrogen-bond acceptors (Lipinski definition) is 24. The number of aliphatic imine (C=N–C) groups is 2. The van der Waals surface area contributed by atoms with E-state index in [0.717, 1.165) is 6.92 Å². The number of phenols is 1. The molecule has 0 aromatic heterocycles. The van der Waals surface area contributed by atoms with E-state index in [2.05, 4.69) is 93.7 Å². The number of rotatable bonds is 51. The Labute approximate surface area is 590 Å². The lowest BCUT2D eigenvalue weighted by Crippen LogP contribution is -2.62. The molecule has 0 saturated heterocycles. The summed E-state index contributed by atoms with van der Waals surface area (Å²) >= 11 is 8.40. The maximum Gasteiger partial charge on any atom is 0.326 e. The minimum Gasteiger partial charge on any atom is -0.508 e. The third kappa shape index (κ3) is 34.8. The van der Waals surface area contributed by atoms with Crippen LogP contribution in [0, 0.1) is 0 Å². The number of carboxylic acid groups (broad SMARTS) is 1. The van der Waals surface area contributed by atoms with E-state index in [4.69, 9.17) is 57.3 Å². The van der Waals surface area contributed by atoms with Crippen molar-refractivity contribution in [1.29, 1.82) is 0 Å². The van der Waals surface area contributed by atoms with Crippen LogP contribution in [-0.4, -0.2) is 233 Å². The number of amides is 12. The number of nitrogens with two attached hydrogens (primary N) is 10. The zero-order valence-electron chi connectivity index (χ0n) is 56.3. The SMILES string of the molecule is CCCC[C@H](NC(=O)[C@H](CCCN=C(N)N)NC(=O)[C@H](CCN)NC(=O)[C@H](CS)NC(=O)[C@H](CCCCN)NC(=O)[C@@H](CCN)NC(=O)[C@@H](NC(=O)[C@H](CCN)NC(=O)[C@H](CCCN=C(N)N)NC(=O)[C@H](CC(N)=O)NC(=O)[C@H](CS)NC(=O)[C@@H](N)Cc1ccc(O)cc1)[C@@H](C)O)C(=O)O. The number of carboxylic acids is 1. The molecule has 0 saturated carbocycles. The van der Waals surface area contributed by atoms with Gasteiger partial charge in [0.1, 0.15) is 72.2 Å². The average Bonchev–Trinajstić information content (AvgIpc) is 0.865. The number of nitrogens with one attached hydrogen (secondary N) is 11. The lowest BCUT2D eigenvalue weighted by atomic mass is 10.0. The van der Waals surface area contributed by atoms with Crippen LogP contribution in [0.15, 0.2) is 34.3 Å². The average molecular weight is 1460 g/mol. The van der Waals surface area contributed by atoms with E-state index in [1.807, 2.05) is 6.92 Å². The van der Waals surface area contributed by atoms with E-state index in [9.17, 15) is 77.6 Å². The maximum absolute atomic E-state index is 14.2. The van der Waals surface area contributed by atoms with Crippen molar-refractivity contribution in [3.05, 3.63) is 29.8 Å². The Hall–Kier alpha value is -8.87. The Bertz CT molecular complexity index is 2890. The number of aliphatic hydroxyl groups is 1. The molecule has 0 radical (unpaired) electrons. The molecule has 0 fully saturated rings. The smallest absolute Gasteiger partial charge is 0.326 e. The van der Waals surface area contributed by atoms with Crippen molar-refractivity contribution >= 4 is 114 Å². The summed E-state index contributed by atoms with van der Waals surface area (Å²) in [6.07, 6.45) is -1.84. The molecule has 0 bridgehead atoms. The summed E-state index contributed by atoms with van der Waals surface area (Å²) in [5.41, 5.74) is 57.2. The predicted molar refractivity (Wildman–Crippen MR) is 375 cm³/mol. The number of aliphatic hydroxyl groups excluding tert-OH is 1. The Balaban J connectivity index is 3.45. The number of phenolic OH excluding ortho intramolecular Hbond substituents is 1. The van der Waals surface area contributed by atoms with E-state index >= 15 is 0 Å². The number of primary amides is 1. The number of carbonyl (C=O) groups excluding carboxylic acids is 12. The van der Waals surface area contributed by atoms with E-state index in [1.165, 1.54) is 24.3 Å². The van der Waals surface area contributed by atoms with E-state index in [0.29, 0.717) is 24.8 Å². The lowest BCUT2D eigenvalue weighted by molar-refractivity contribution is -0.142. The Morgan fingerprint density at radius 3 is 1.12 bits per heavy atom. The Kier molecular flexibility index (Phi) is 43.5. The van der Waals surface area contributed by atoms with Gasteiger partial charge in [-0.25, -0.2) is 4.79 Å². The van der Waals surface area contributed by atoms with Gasteiger partial charge in [0.25, 0.3) is 0 Å². The van der Waals surface area contributed by atoms with Gasteiger partial charge in [-0.3, -0.25) is 67.5 Å². The largest absolute Gasteiger partial charge is 0.508 e. The molecule has 0 aliphatic rings. The molecule has 100 heavy (non-hydrogen) atoms. The molecule has 39 nitrogen and oxygen atoms in total. The second-order valence-electron chi connectivity index (χ2n) is 23.2. The fourth-order valence-electron chi connectivity index (χ4n) is 9.43. The van der Waals surface area contributed by atoms with Crippen LogP contribution in [0.3, 0.4) is 0 Å². The summed E-state index contributed by atoms with van der Waals surface area (Å²) in [6, 6.07) is -12.2. The fraction of sp³-hybridized carbons (Fsp3) is 0.644. The molecule has 0 spiro atoms. The number of nitrogens with zero attached hydrogens (tertiary/aromatic N) is 2. The molecule has 564 valence electrons. The van der Waals surface area contributed by atoms with Gasteiger partial charge < -0.3 is 131 Å². The molecule has 0 aliphatic carbocycles. The Morgan fingerprint density at radius 1 is 0.430 bits per heavy atom. The molecule has 1 aromatic rings. The molecule has 0 unspecified atom stereocenters. The molecule has 1 rings (SSSR count). The molecule has 34 N–H and O–H groups in total. The number of benzene rings is 1. The summed E-state index contributed by atoms with van der Waals surface area (Å²) in [6.45, 7) is 2.37. The van der Waals surface area contributed by atoms with Crippen LogP contribution in [0.4, 0.5) is 0 Å². The topological polar surface area (TPSA) is 700 Å². The van der Waals surface area contributed by atoms with Crippen molar-refractivity contribution in [2.75, 3.05) is 50.8 Å². The summed E-state index contributed by atoms with van der Waals surface area (Å²) in [5.74, 6) is -14.6. The van der Waals surface area contributed by atoms with Gasteiger partial charge in [-0.15, -0.1) is 0 Å². The molecule has 41 heteroatoms. The van der Waals surface area contributed by atoms with E-state index in [1.54, 1.807) is 0 Å². The van der Waals surface area contributed by atoms with Gasteiger partial charge in [-0.2, -0.15) is 25.3 Å². The number of guanidine groups is 2. The van der Waals surface area contributed by atoms with Crippen LogP contribution in [-0.2, 0) is 68.7 Å². The van der Waals surface area contributed by atoms with Crippen LogP contribution in [0.25, 0.3) is 0 Å². The highest BCUT2D eigenvalue weighted by molar-refractivity contribution is 7.80. The first-order chi connectivity index (χ1) is 47.3. The van der Waals surface area contributed by atoms with Gasteiger partial charge in [0.05, 0.1) is 18.6 Å². The number of unbranched alkanes of at least 4 members (excludes halogenated alkanes) is 2. The summed E-state index contributed by atoms with van der Waals surface area (Å²) < 4.78 is 0. The van der Waals surface area contributed by atoms with Gasteiger partial charge in [0, 0.05) is 24.6 Å². The second-order valence-corrected chi connectivity index (χ2v) is 24.0. The first kappa shape index (κ1) is 89.1. The molecule has 0 heterocycles. The van der Waals surface area contributed by atoms with Crippen LogP contribution < -0.4 is 116 Å². The van der Waals surface area contributed by atoms with E-state index in [-0.39, 0.29) is 139 Å². The van der Waals surface area contributed by atoms with Crippen molar-refractivity contribution in [2.24, 2.45) is 67.3 Å². The molecule has 12 amide bonds. The van der Waals surface area contributed by atoms with Crippen molar-refractivity contribution in [3.8, 4) is 5.75 Å². The lowest BCUT2D eigenvalue weighted by Gasteiger charge is -2.29. The number of aliphatic carboxylic acids is 1. The van der Waals surface area contributed by atoms with Crippen LogP contribution in [0.5, 0.6) is 5.75 Å². The number of hydrogen-bond donors (Lipinski definition) is 26. The fourth-order valence-corrected chi connectivity index (χ4v) is 9.95. The minimum atomic E-state index is -1.88. The first-order valence-corrected chi connectivity index (χ1v) is 33.8. The monoisotopic (exact) mass is 1460 g/mol.